The highest BCUT2D eigenvalue weighted by atomic mass is 35.5. The maximum Gasteiger partial charge on any atom is 0.224 e. The normalized spacial score (nSPS) is 18.6. The van der Waals surface area contributed by atoms with E-state index in [1.54, 1.807) is 0 Å². The van der Waals surface area contributed by atoms with E-state index in [4.69, 9.17) is 27.9 Å². The van der Waals surface area contributed by atoms with Gasteiger partial charge in [-0.1, -0.05) is 29.3 Å². The molecule has 0 saturated carbocycles. The van der Waals surface area contributed by atoms with Crippen LogP contribution in [0.4, 0.5) is 5.95 Å². The Morgan fingerprint density at radius 1 is 1.21 bits per heavy atom. The van der Waals surface area contributed by atoms with Gasteiger partial charge in [0.25, 0.3) is 0 Å². The fraction of sp³-hybridized carbons (Fsp3) is 0.412. The fourth-order valence-electron chi connectivity index (χ4n) is 2.68. The van der Waals surface area contributed by atoms with E-state index >= 15 is 0 Å². The fourth-order valence-corrected chi connectivity index (χ4v) is 2.99. The second-order valence-corrected chi connectivity index (χ2v) is 6.87. The monoisotopic (exact) mass is 366 g/mol. The van der Waals surface area contributed by atoms with Crippen molar-refractivity contribution >= 4 is 29.2 Å². The van der Waals surface area contributed by atoms with Crippen molar-refractivity contribution in [2.24, 2.45) is 0 Å². The molecule has 3 rings (SSSR count). The molecular weight excluding hydrogens is 347 g/mol. The number of aromatic nitrogens is 2. The topological polar surface area (TPSA) is 41.5 Å². The van der Waals surface area contributed by atoms with Crippen molar-refractivity contribution < 1.29 is 4.74 Å². The maximum absolute atomic E-state index is 6.12. The lowest BCUT2D eigenvalue weighted by Gasteiger charge is -2.33. The van der Waals surface area contributed by atoms with E-state index in [0.29, 0.717) is 16.7 Å². The Morgan fingerprint density at radius 3 is 2.62 bits per heavy atom. The molecule has 2 aromatic rings. The molecule has 7 heteroatoms. The van der Waals surface area contributed by atoms with Crippen LogP contribution >= 0.6 is 23.2 Å². The Morgan fingerprint density at radius 2 is 1.96 bits per heavy atom. The summed E-state index contributed by atoms with van der Waals surface area (Å²) in [6.07, 6.45) is 3.76. The van der Waals surface area contributed by atoms with Crippen molar-refractivity contribution in [3.63, 3.8) is 0 Å². The summed E-state index contributed by atoms with van der Waals surface area (Å²) >= 11 is 12.1. The molecule has 0 aliphatic carbocycles. The summed E-state index contributed by atoms with van der Waals surface area (Å²) in [5, 5.41) is 1.12. The number of hydrogen-bond donors (Lipinski definition) is 0. The molecule has 0 spiro atoms. The van der Waals surface area contributed by atoms with E-state index in [0.717, 1.165) is 36.7 Å². The van der Waals surface area contributed by atoms with Crippen LogP contribution in [0.5, 0.6) is 0 Å². The van der Waals surface area contributed by atoms with Gasteiger partial charge in [-0.2, -0.15) is 0 Å². The van der Waals surface area contributed by atoms with Crippen LogP contribution in [0.25, 0.3) is 0 Å². The Labute approximate surface area is 152 Å². The minimum Gasteiger partial charge on any atom is -0.371 e. The number of rotatable bonds is 4. The highest BCUT2D eigenvalue weighted by Crippen LogP contribution is 2.29. The van der Waals surface area contributed by atoms with E-state index in [9.17, 15) is 0 Å². The first kappa shape index (κ1) is 17.4. The lowest BCUT2D eigenvalue weighted by atomic mass is 10.1. The van der Waals surface area contributed by atoms with Crippen LogP contribution in [-0.2, 0) is 11.3 Å². The predicted octanol–water partition coefficient (Wildman–Crippen LogP) is 3.42. The lowest BCUT2D eigenvalue weighted by Crippen LogP contribution is -2.37. The van der Waals surface area contributed by atoms with Crippen molar-refractivity contribution in [3.05, 3.63) is 51.8 Å². The van der Waals surface area contributed by atoms with E-state index < -0.39 is 0 Å². The summed E-state index contributed by atoms with van der Waals surface area (Å²) in [4.78, 5) is 13.0. The first-order chi connectivity index (χ1) is 11.5. The molecule has 1 fully saturated rings. The molecule has 0 radical (unpaired) electrons. The van der Waals surface area contributed by atoms with E-state index in [-0.39, 0.29) is 6.10 Å². The summed E-state index contributed by atoms with van der Waals surface area (Å²) in [7, 11) is 3.86. The van der Waals surface area contributed by atoms with Crippen LogP contribution in [0.1, 0.15) is 17.2 Å². The number of nitrogens with zero attached hydrogens (tertiary/aromatic N) is 4. The molecule has 1 aliphatic heterocycles. The largest absolute Gasteiger partial charge is 0.371 e. The van der Waals surface area contributed by atoms with E-state index in [1.165, 1.54) is 0 Å². The molecule has 0 bridgehead atoms. The van der Waals surface area contributed by atoms with Gasteiger partial charge in [-0.15, -0.1) is 0 Å². The number of halogens is 2. The van der Waals surface area contributed by atoms with Gasteiger partial charge in [-0.3, -0.25) is 4.90 Å². The Balaban J connectivity index is 1.65. The number of hydrogen-bond acceptors (Lipinski definition) is 5. The predicted molar refractivity (Wildman–Crippen MR) is 96.8 cm³/mol. The van der Waals surface area contributed by atoms with Gasteiger partial charge in [0.15, 0.2) is 0 Å². The third-order valence-electron chi connectivity index (χ3n) is 3.96. The summed E-state index contributed by atoms with van der Waals surface area (Å²) < 4.78 is 5.90. The van der Waals surface area contributed by atoms with Crippen molar-refractivity contribution in [3.8, 4) is 0 Å². The number of morpholine rings is 1. The van der Waals surface area contributed by atoms with Crippen LogP contribution < -0.4 is 4.90 Å². The highest BCUT2D eigenvalue weighted by molar-refractivity contribution is 6.42. The molecule has 0 amide bonds. The second kappa shape index (κ2) is 7.66. The number of ether oxygens (including phenoxy) is 1. The van der Waals surface area contributed by atoms with Crippen molar-refractivity contribution in [2.75, 3.05) is 38.7 Å². The SMILES string of the molecule is CN(C)c1ncc(CN2CCO[C@H](c3ccc(Cl)c(Cl)c3)C2)cn1. The minimum absolute atomic E-state index is 0.00418. The molecule has 2 heterocycles. The molecular formula is C17H20Cl2N4O. The Bertz CT molecular complexity index is 693. The van der Waals surface area contributed by atoms with Gasteiger partial charge in [-0.05, 0) is 17.7 Å². The second-order valence-electron chi connectivity index (χ2n) is 6.05. The number of benzene rings is 1. The van der Waals surface area contributed by atoms with Crippen LogP contribution in [0, 0.1) is 0 Å². The average molecular weight is 367 g/mol. The van der Waals surface area contributed by atoms with Gasteiger partial charge < -0.3 is 9.64 Å². The van der Waals surface area contributed by atoms with Gasteiger partial charge in [0.2, 0.25) is 5.95 Å². The van der Waals surface area contributed by atoms with Crippen LogP contribution in [0.2, 0.25) is 10.0 Å². The Hall–Kier alpha value is -1.40. The summed E-state index contributed by atoms with van der Waals surface area (Å²) in [6.45, 7) is 3.16. The standard InChI is InChI=1S/C17H20Cl2N4O/c1-22(2)17-20-8-12(9-21-17)10-23-5-6-24-16(11-23)13-3-4-14(18)15(19)7-13/h3-4,7-9,16H,5-6,10-11H2,1-2H3/t16-/m0/s1. The zero-order chi connectivity index (χ0) is 17.1. The molecule has 1 atom stereocenters. The van der Waals surface area contributed by atoms with Crippen LogP contribution in [-0.4, -0.2) is 48.7 Å². The molecule has 0 unspecified atom stereocenters. The molecule has 0 N–H and O–H groups in total. The van der Waals surface area contributed by atoms with Gasteiger partial charge in [0, 0.05) is 51.7 Å². The van der Waals surface area contributed by atoms with Gasteiger partial charge >= 0.3 is 0 Å². The van der Waals surface area contributed by atoms with Crippen LogP contribution in [0.3, 0.4) is 0 Å². The third kappa shape index (κ3) is 4.16. The molecule has 1 aromatic heterocycles. The van der Waals surface area contributed by atoms with E-state index in [1.807, 2.05) is 49.6 Å². The quantitative estimate of drug-likeness (QED) is 0.828. The molecule has 128 valence electrons. The lowest BCUT2D eigenvalue weighted by molar-refractivity contribution is -0.0329. The molecule has 5 nitrogen and oxygen atoms in total. The summed E-state index contributed by atoms with van der Waals surface area (Å²) in [5.41, 5.74) is 2.14. The smallest absolute Gasteiger partial charge is 0.224 e. The van der Waals surface area contributed by atoms with Gasteiger partial charge in [0.1, 0.15) is 0 Å². The van der Waals surface area contributed by atoms with Gasteiger partial charge in [0.05, 0.1) is 22.8 Å². The van der Waals surface area contributed by atoms with Gasteiger partial charge in [-0.25, -0.2) is 9.97 Å². The first-order valence-electron chi connectivity index (χ1n) is 7.80. The molecule has 1 aliphatic rings. The first-order valence-corrected chi connectivity index (χ1v) is 8.55. The average Bonchev–Trinajstić information content (AvgIpc) is 2.58. The van der Waals surface area contributed by atoms with Crippen molar-refractivity contribution in [1.29, 1.82) is 0 Å². The minimum atomic E-state index is -0.00418. The highest BCUT2D eigenvalue weighted by Gasteiger charge is 2.22. The van der Waals surface area contributed by atoms with Crippen molar-refractivity contribution in [1.82, 2.24) is 14.9 Å². The zero-order valence-corrected chi connectivity index (χ0v) is 15.3. The molecule has 24 heavy (non-hydrogen) atoms. The van der Waals surface area contributed by atoms with Crippen molar-refractivity contribution in [2.45, 2.75) is 12.6 Å². The number of anilines is 1. The maximum atomic E-state index is 6.12. The Kier molecular flexibility index (Phi) is 5.56. The molecule has 1 saturated heterocycles. The summed E-state index contributed by atoms with van der Waals surface area (Å²) in [6, 6.07) is 5.67. The van der Waals surface area contributed by atoms with Crippen LogP contribution in [0.15, 0.2) is 30.6 Å². The zero-order valence-electron chi connectivity index (χ0n) is 13.7. The third-order valence-corrected chi connectivity index (χ3v) is 4.70. The van der Waals surface area contributed by atoms with E-state index in [2.05, 4.69) is 14.9 Å². The molecule has 1 aromatic carbocycles. The summed E-state index contributed by atoms with van der Waals surface area (Å²) in [5.74, 6) is 0.717.